The minimum atomic E-state index is -3.48. The summed E-state index contributed by atoms with van der Waals surface area (Å²) in [4.78, 5) is 4.51. The van der Waals surface area contributed by atoms with Crippen molar-refractivity contribution in [1.82, 2.24) is 9.62 Å². The molecule has 7 heteroatoms. The molecule has 0 unspecified atom stereocenters. The van der Waals surface area contributed by atoms with Gasteiger partial charge in [0.25, 0.3) is 0 Å². The molecule has 0 saturated carbocycles. The number of sulfonamides is 1. The number of hydrogen-bond donors (Lipinski definition) is 2. The summed E-state index contributed by atoms with van der Waals surface area (Å²) in [6, 6.07) is 6.86. The van der Waals surface area contributed by atoms with E-state index in [1.807, 2.05) is 0 Å². The predicted octanol–water partition coefficient (Wildman–Crippen LogP) is 1.92. The average molecular weight is 340 g/mol. The van der Waals surface area contributed by atoms with E-state index in [-0.39, 0.29) is 11.4 Å². The Balaban J connectivity index is 2.69. The molecule has 0 spiro atoms. The Morgan fingerprint density at radius 2 is 1.91 bits per heavy atom. The van der Waals surface area contributed by atoms with Crippen molar-refractivity contribution in [2.75, 3.05) is 20.6 Å². The summed E-state index contributed by atoms with van der Waals surface area (Å²) in [5, 5.41) is 3.06. The van der Waals surface area contributed by atoms with Crippen molar-refractivity contribution in [2.24, 2.45) is 10.7 Å². The zero-order chi connectivity index (χ0) is 17.3. The number of rotatable bonds is 9. The summed E-state index contributed by atoms with van der Waals surface area (Å²) in [6.07, 6.45) is 4.63. The van der Waals surface area contributed by atoms with Gasteiger partial charge in [0, 0.05) is 20.6 Å². The van der Waals surface area contributed by atoms with E-state index in [2.05, 4.69) is 17.2 Å². The van der Waals surface area contributed by atoms with Crippen molar-refractivity contribution in [3.05, 3.63) is 29.8 Å². The van der Waals surface area contributed by atoms with Crippen LogP contribution in [-0.2, 0) is 16.6 Å². The lowest BCUT2D eigenvalue weighted by Crippen LogP contribution is -2.32. The number of benzene rings is 1. The second-order valence-corrected chi connectivity index (χ2v) is 7.70. The fourth-order valence-corrected chi connectivity index (χ4v) is 3.19. The Morgan fingerprint density at radius 3 is 2.57 bits per heavy atom. The smallest absolute Gasteiger partial charge is 0.242 e. The molecule has 0 saturated heterocycles. The molecule has 1 aromatic carbocycles. The fourth-order valence-electron chi connectivity index (χ4n) is 2.08. The van der Waals surface area contributed by atoms with E-state index < -0.39 is 10.0 Å². The van der Waals surface area contributed by atoms with Crippen LogP contribution in [0.5, 0.6) is 0 Å². The minimum absolute atomic E-state index is 0.233. The third kappa shape index (κ3) is 6.19. The van der Waals surface area contributed by atoms with Crippen molar-refractivity contribution >= 4 is 16.0 Å². The van der Waals surface area contributed by atoms with Crippen molar-refractivity contribution in [3.63, 3.8) is 0 Å². The lowest BCUT2D eigenvalue weighted by molar-refractivity contribution is 0.519. The molecule has 1 aromatic rings. The van der Waals surface area contributed by atoms with Crippen molar-refractivity contribution in [1.29, 1.82) is 0 Å². The van der Waals surface area contributed by atoms with Crippen LogP contribution in [0.2, 0.25) is 0 Å². The molecule has 0 atom stereocenters. The van der Waals surface area contributed by atoms with Crippen molar-refractivity contribution in [3.8, 4) is 0 Å². The molecular formula is C16H28N4O2S. The summed E-state index contributed by atoms with van der Waals surface area (Å²) in [5.74, 6) is 0.346. The number of nitrogens with zero attached hydrogens (tertiary/aromatic N) is 2. The minimum Gasteiger partial charge on any atom is -0.370 e. The normalized spacial score (nSPS) is 12.6. The molecule has 0 bridgehead atoms. The van der Waals surface area contributed by atoms with Gasteiger partial charge < -0.3 is 11.1 Å². The summed E-state index contributed by atoms with van der Waals surface area (Å²) < 4.78 is 25.8. The first-order chi connectivity index (χ1) is 10.9. The van der Waals surface area contributed by atoms with Gasteiger partial charge in [-0.05, 0) is 18.1 Å². The van der Waals surface area contributed by atoms with E-state index >= 15 is 0 Å². The third-order valence-corrected chi connectivity index (χ3v) is 5.40. The third-order valence-electron chi connectivity index (χ3n) is 3.49. The molecule has 0 aliphatic heterocycles. The van der Waals surface area contributed by atoms with Gasteiger partial charge in [0.2, 0.25) is 10.0 Å². The van der Waals surface area contributed by atoms with Crippen LogP contribution >= 0.6 is 0 Å². The van der Waals surface area contributed by atoms with Gasteiger partial charge in [0.15, 0.2) is 5.96 Å². The molecule has 0 fully saturated rings. The first-order valence-electron chi connectivity index (χ1n) is 7.93. The standard InChI is InChI=1S/C16H28N4O2S/c1-4-5-6-9-12-18-16(17)19-13-14-10-7-8-11-15(14)23(21,22)20(2)3/h7-8,10-11H,4-6,9,12-13H2,1-3H3,(H3,17,18,19). The number of guanidine groups is 1. The number of nitrogens with one attached hydrogen (secondary N) is 1. The molecule has 0 aromatic heterocycles. The topological polar surface area (TPSA) is 87.8 Å². The van der Waals surface area contributed by atoms with Gasteiger partial charge >= 0.3 is 0 Å². The van der Waals surface area contributed by atoms with Crippen LogP contribution in [0.15, 0.2) is 34.2 Å². The fraction of sp³-hybridized carbons (Fsp3) is 0.562. The Morgan fingerprint density at radius 1 is 1.22 bits per heavy atom. The number of hydrogen-bond acceptors (Lipinski definition) is 3. The number of aliphatic imine (C=N–C) groups is 1. The highest BCUT2D eigenvalue weighted by molar-refractivity contribution is 7.89. The lowest BCUT2D eigenvalue weighted by Gasteiger charge is -2.14. The number of nitrogens with two attached hydrogens (primary N) is 1. The van der Waals surface area contributed by atoms with E-state index in [1.165, 1.54) is 37.7 Å². The van der Waals surface area contributed by atoms with Gasteiger partial charge in [-0.25, -0.2) is 17.7 Å². The lowest BCUT2D eigenvalue weighted by atomic mass is 10.2. The van der Waals surface area contributed by atoms with Crippen LogP contribution in [0, 0.1) is 0 Å². The largest absolute Gasteiger partial charge is 0.370 e. The molecule has 0 aliphatic rings. The van der Waals surface area contributed by atoms with Gasteiger partial charge in [-0.3, -0.25) is 0 Å². The van der Waals surface area contributed by atoms with Crippen molar-refractivity contribution in [2.45, 2.75) is 44.0 Å². The maximum Gasteiger partial charge on any atom is 0.242 e. The maximum atomic E-state index is 12.3. The molecule has 130 valence electrons. The first kappa shape index (κ1) is 19.4. The second kappa shape index (κ2) is 9.52. The van der Waals surface area contributed by atoms with Gasteiger partial charge in [0.1, 0.15) is 0 Å². The van der Waals surface area contributed by atoms with E-state index in [0.717, 1.165) is 13.0 Å². The Kier molecular flexibility index (Phi) is 8.05. The Bertz CT molecular complexity index is 612. The van der Waals surface area contributed by atoms with Crippen molar-refractivity contribution < 1.29 is 8.42 Å². The van der Waals surface area contributed by atoms with E-state index in [1.54, 1.807) is 24.3 Å². The molecular weight excluding hydrogens is 312 g/mol. The van der Waals surface area contributed by atoms with E-state index in [4.69, 9.17) is 5.73 Å². The first-order valence-corrected chi connectivity index (χ1v) is 9.37. The molecule has 0 amide bonds. The molecule has 3 N–H and O–H groups in total. The average Bonchev–Trinajstić information content (AvgIpc) is 2.52. The molecule has 6 nitrogen and oxygen atoms in total. The second-order valence-electron chi connectivity index (χ2n) is 5.58. The van der Waals surface area contributed by atoms with Gasteiger partial charge in [-0.1, -0.05) is 44.4 Å². The molecule has 0 aliphatic carbocycles. The van der Waals surface area contributed by atoms with Crippen LogP contribution < -0.4 is 11.1 Å². The van der Waals surface area contributed by atoms with Crippen LogP contribution in [-0.4, -0.2) is 39.3 Å². The molecule has 1 rings (SSSR count). The summed E-state index contributed by atoms with van der Waals surface area (Å²) >= 11 is 0. The Hall–Kier alpha value is -1.60. The summed E-state index contributed by atoms with van der Waals surface area (Å²) in [5.41, 5.74) is 6.47. The summed E-state index contributed by atoms with van der Waals surface area (Å²) in [7, 11) is -0.449. The van der Waals surface area contributed by atoms with Gasteiger partial charge in [0.05, 0.1) is 11.4 Å². The molecule has 23 heavy (non-hydrogen) atoms. The van der Waals surface area contributed by atoms with Crippen LogP contribution in [0.1, 0.15) is 38.2 Å². The quantitative estimate of drug-likeness (QED) is 0.408. The van der Waals surface area contributed by atoms with E-state index in [9.17, 15) is 8.42 Å². The SMILES string of the molecule is CCCCCCNC(N)=NCc1ccccc1S(=O)(=O)N(C)C. The summed E-state index contributed by atoms with van der Waals surface area (Å²) in [6.45, 7) is 3.19. The highest BCUT2D eigenvalue weighted by atomic mass is 32.2. The van der Waals surface area contributed by atoms with Crippen LogP contribution in [0.25, 0.3) is 0 Å². The zero-order valence-corrected chi connectivity index (χ0v) is 15.1. The van der Waals surface area contributed by atoms with Crippen LogP contribution in [0.3, 0.4) is 0 Å². The number of unbranched alkanes of at least 4 members (excludes halogenated alkanes) is 3. The highest BCUT2D eigenvalue weighted by Crippen LogP contribution is 2.19. The van der Waals surface area contributed by atoms with Gasteiger partial charge in [-0.2, -0.15) is 0 Å². The predicted molar refractivity (Wildman–Crippen MR) is 94.8 cm³/mol. The van der Waals surface area contributed by atoms with E-state index in [0.29, 0.717) is 11.5 Å². The molecule has 0 radical (unpaired) electrons. The zero-order valence-electron chi connectivity index (χ0n) is 14.2. The van der Waals surface area contributed by atoms with Gasteiger partial charge in [-0.15, -0.1) is 0 Å². The van der Waals surface area contributed by atoms with Crippen LogP contribution in [0.4, 0.5) is 0 Å². The maximum absolute atomic E-state index is 12.3. The molecule has 0 heterocycles. The monoisotopic (exact) mass is 340 g/mol. The Labute approximate surface area is 139 Å². The highest BCUT2D eigenvalue weighted by Gasteiger charge is 2.20.